The fourth-order valence-electron chi connectivity index (χ4n) is 3.59. The van der Waals surface area contributed by atoms with Crippen molar-refractivity contribution >= 4 is 33.5 Å². The Morgan fingerprint density at radius 1 is 1.00 bits per heavy atom. The highest BCUT2D eigenvalue weighted by atomic mass is 32.1. The topological polar surface area (TPSA) is 37.7 Å². The molecule has 150 valence electrons. The van der Waals surface area contributed by atoms with Gasteiger partial charge >= 0.3 is 0 Å². The number of thiophene rings is 1. The fourth-order valence-corrected chi connectivity index (χ4v) is 5.14. The van der Waals surface area contributed by atoms with E-state index in [1.54, 1.807) is 29.8 Å². The van der Waals surface area contributed by atoms with Crippen LogP contribution in [0, 0.1) is 6.92 Å². The minimum Gasteiger partial charge on any atom is -0.497 e. The molecule has 0 bridgehead atoms. The predicted molar refractivity (Wildman–Crippen MR) is 126 cm³/mol. The minimum absolute atomic E-state index is 0.116. The molecule has 30 heavy (non-hydrogen) atoms. The molecule has 5 rings (SSSR count). The normalized spacial score (nSPS) is 16.0. The lowest BCUT2D eigenvalue weighted by atomic mass is 10.0. The molecule has 0 aliphatic carbocycles. The largest absolute Gasteiger partial charge is 0.497 e. The predicted octanol–water partition coefficient (Wildman–Crippen LogP) is 6.54. The average Bonchev–Trinajstić information content (AvgIpc) is 3.54. The number of benzene rings is 2. The number of rotatable bonds is 5. The van der Waals surface area contributed by atoms with Crippen molar-refractivity contribution in [1.29, 1.82) is 0 Å². The zero-order valence-corrected chi connectivity index (χ0v) is 18.4. The van der Waals surface area contributed by atoms with Gasteiger partial charge in [0.25, 0.3) is 0 Å². The van der Waals surface area contributed by atoms with Crippen LogP contribution >= 0.6 is 22.7 Å². The van der Waals surface area contributed by atoms with Crippen LogP contribution in [0.4, 0.5) is 5.13 Å². The first kappa shape index (κ1) is 19.0. The van der Waals surface area contributed by atoms with Gasteiger partial charge in [-0.25, -0.2) is 9.99 Å². The Bertz CT molecular complexity index is 1160. The number of aromatic nitrogens is 1. The highest BCUT2D eigenvalue weighted by molar-refractivity contribution is 7.14. The third-order valence-corrected chi connectivity index (χ3v) is 7.00. The second-order valence-electron chi connectivity index (χ2n) is 7.24. The third kappa shape index (κ3) is 3.64. The maximum Gasteiger partial charge on any atom is 0.207 e. The molecular formula is C24H21N3OS2. The molecule has 2 aromatic carbocycles. The lowest BCUT2D eigenvalue weighted by Gasteiger charge is -2.21. The van der Waals surface area contributed by atoms with Crippen LogP contribution in [-0.4, -0.2) is 17.8 Å². The van der Waals surface area contributed by atoms with E-state index in [4.69, 9.17) is 14.8 Å². The minimum atomic E-state index is 0.116. The molecular weight excluding hydrogens is 410 g/mol. The average molecular weight is 432 g/mol. The van der Waals surface area contributed by atoms with Crippen molar-refractivity contribution < 1.29 is 4.74 Å². The number of aryl methyl sites for hydroxylation is 1. The summed E-state index contributed by atoms with van der Waals surface area (Å²) < 4.78 is 5.33. The van der Waals surface area contributed by atoms with Crippen LogP contribution in [-0.2, 0) is 0 Å². The number of hydrogen-bond donors (Lipinski definition) is 0. The molecule has 0 unspecified atom stereocenters. The highest BCUT2D eigenvalue weighted by Gasteiger charge is 2.32. The molecule has 1 aliphatic heterocycles. The van der Waals surface area contributed by atoms with Crippen molar-refractivity contribution in [3.8, 4) is 17.0 Å². The Hall–Kier alpha value is -2.96. The molecule has 4 nitrogen and oxygen atoms in total. The summed E-state index contributed by atoms with van der Waals surface area (Å²) in [5.74, 6) is 0.860. The Morgan fingerprint density at radius 2 is 1.80 bits per heavy atom. The van der Waals surface area contributed by atoms with E-state index in [2.05, 4.69) is 71.2 Å². The van der Waals surface area contributed by atoms with Gasteiger partial charge in [0.05, 0.1) is 29.4 Å². The first-order chi connectivity index (χ1) is 14.7. The van der Waals surface area contributed by atoms with E-state index in [0.717, 1.165) is 34.3 Å². The third-order valence-electron chi connectivity index (χ3n) is 5.25. The SMILES string of the molecule is COc1ccc([C@H]2CC(c3cccs3)=NN2c2nc(-c3ccc(C)cc3)cs2)cc1. The van der Waals surface area contributed by atoms with Gasteiger partial charge in [-0.1, -0.05) is 48.0 Å². The molecule has 4 aromatic rings. The van der Waals surface area contributed by atoms with Crippen molar-refractivity contribution in [2.24, 2.45) is 5.10 Å². The van der Waals surface area contributed by atoms with E-state index < -0.39 is 0 Å². The van der Waals surface area contributed by atoms with Gasteiger partial charge in [0.15, 0.2) is 0 Å². The van der Waals surface area contributed by atoms with E-state index in [1.807, 2.05) is 12.1 Å². The van der Waals surface area contributed by atoms with Crippen molar-refractivity contribution in [2.75, 3.05) is 12.1 Å². The highest BCUT2D eigenvalue weighted by Crippen LogP contribution is 2.40. The number of anilines is 1. The van der Waals surface area contributed by atoms with Crippen molar-refractivity contribution in [3.05, 3.63) is 87.4 Å². The van der Waals surface area contributed by atoms with E-state index in [-0.39, 0.29) is 6.04 Å². The molecule has 0 saturated carbocycles. The number of ether oxygens (including phenoxy) is 1. The summed E-state index contributed by atoms with van der Waals surface area (Å²) in [4.78, 5) is 6.15. The van der Waals surface area contributed by atoms with Crippen LogP contribution in [0.15, 0.2) is 76.5 Å². The van der Waals surface area contributed by atoms with E-state index in [1.165, 1.54) is 16.0 Å². The lowest BCUT2D eigenvalue weighted by Crippen LogP contribution is -2.18. The zero-order chi connectivity index (χ0) is 20.5. The molecule has 0 amide bonds. The molecule has 0 N–H and O–H groups in total. The van der Waals surface area contributed by atoms with E-state index in [9.17, 15) is 0 Å². The van der Waals surface area contributed by atoms with Gasteiger partial charge in [0.1, 0.15) is 5.75 Å². The van der Waals surface area contributed by atoms with Gasteiger partial charge in [-0.15, -0.1) is 22.7 Å². The van der Waals surface area contributed by atoms with Gasteiger partial charge < -0.3 is 4.74 Å². The molecule has 6 heteroatoms. The number of hydrogen-bond acceptors (Lipinski definition) is 6. The summed E-state index contributed by atoms with van der Waals surface area (Å²) in [5.41, 5.74) is 5.68. The second-order valence-corrected chi connectivity index (χ2v) is 9.03. The van der Waals surface area contributed by atoms with Crippen LogP contribution < -0.4 is 9.75 Å². The number of methoxy groups -OCH3 is 1. The molecule has 0 radical (unpaired) electrons. The summed E-state index contributed by atoms with van der Waals surface area (Å²) in [6.07, 6.45) is 0.853. The smallest absolute Gasteiger partial charge is 0.207 e. The van der Waals surface area contributed by atoms with Crippen LogP contribution in [0.3, 0.4) is 0 Å². The fraction of sp³-hybridized carbons (Fsp3) is 0.167. The molecule has 0 spiro atoms. The standard InChI is InChI=1S/C24H21N3OS2/c1-16-5-7-17(8-6-16)21-15-30-24(25-21)27-22(18-9-11-19(28-2)12-10-18)14-20(26-27)23-4-3-13-29-23/h3-13,15,22H,14H2,1-2H3/t22-/m1/s1. The van der Waals surface area contributed by atoms with Crippen molar-refractivity contribution in [1.82, 2.24) is 4.98 Å². The molecule has 1 aliphatic rings. The van der Waals surface area contributed by atoms with Gasteiger partial charge in [-0.05, 0) is 36.1 Å². The summed E-state index contributed by atoms with van der Waals surface area (Å²) in [6, 6.07) is 21.1. The summed E-state index contributed by atoms with van der Waals surface area (Å²) in [7, 11) is 1.69. The summed E-state index contributed by atoms with van der Waals surface area (Å²) in [6.45, 7) is 2.10. The van der Waals surface area contributed by atoms with Gasteiger partial charge in [0, 0.05) is 17.4 Å². The Balaban J connectivity index is 1.51. The Kier molecular flexibility index (Phi) is 5.11. The van der Waals surface area contributed by atoms with Gasteiger partial charge in [-0.3, -0.25) is 0 Å². The van der Waals surface area contributed by atoms with Crippen molar-refractivity contribution in [3.63, 3.8) is 0 Å². The lowest BCUT2D eigenvalue weighted by molar-refractivity contribution is 0.414. The molecule has 0 saturated heterocycles. The second kappa shape index (κ2) is 8.05. The number of thiazole rings is 1. The first-order valence-corrected chi connectivity index (χ1v) is 11.5. The summed E-state index contributed by atoms with van der Waals surface area (Å²) in [5, 5.41) is 12.2. The molecule has 0 fully saturated rings. The molecule has 3 heterocycles. The monoisotopic (exact) mass is 431 g/mol. The first-order valence-electron chi connectivity index (χ1n) is 9.78. The Labute approximate surface area is 184 Å². The maximum atomic E-state index is 5.33. The van der Waals surface area contributed by atoms with Crippen LogP contribution in [0.1, 0.15) is 28.5 Å². The Morgan fingerprint density at radius 3 is 2.50 bits per heavy atom. The van der Waals surface area contributed by atoms with Gasteiger partial charge in [0.2, 0.25) is 5.13 Å². The number of nitrogens with zero attached hydrogens (tertiary/aromatic N) is 3. The molecule has 2 aromatic heterocycles. The number of hydrazone groups is 1. The maximum absolute atomic E-state index is 5.33. The van der Waals surface area contributed by atoms with Crippen LogP contribution in [0.5, 0.6) is 5.75 Å². The van der Waals surface area contributed by atoms with Crippen molar-refractivity contribution in [2.45, 2.75) is 19.4 Å². The van der Waals surface area contributed by atoms with Crippen LogP contribution in [0.25, 0.3) is 11.3 Å². The van der Waals surface area contributed by atoms with E-state index in [0.29, 0.717) is 0 Å². The van der Waals surface area contributed by atoms with E-state index >= 15 is 0 Å². The van der Waals surface area contributed by atoms with Crippen LogP contribution in [0.2, 0.25) is 0 Å². The quantitative estimate of drug-likeness (QED) is 0.360. The summed E-state index contributed by atoms with van der Waals surface area (Å²) >= 11 is 3.37. The van der Waals surface area contributed by atoms with Gasteiger partial charge in [-0.2, -0.15) is 5.10 Å². The zero-order valence-electron chi connectivity index (χ0n) is 16.8. The molecule has 1 atom stereocenters.